The second-order valence-corrected chi connectivity index (χ2v) is 6.92. The number of aromatic nitrogens is 4. The predicted molar refractivity (Wildman–Crippen MR) is 116 cm³/mol. The highest BCUT2D eigenvalue weighted by molar-refractivity contribution is 5.82. The Morgan fingerprint density at radius 3 is 2.30 bits per heavy atom. The van der Waals surface area contributed by atoms with Crippen LogP contribution >= 0.6 is 0 Å². The molecule has 2 aromatic heterocycles. The molecular formula is C22H23N5O3. The maximum Gasteiger partial charge on any atom is 0.234 e. The number of methoxy groups -OCH3 is 2. The molecule has 0 saturated heterocycles. The topological polar surface area (TPSA) is 74.5 Å². The van der Waals surface area contributed by atoms with Gasteiger partial charge in [0.15, 0.2) is 23.0 Å². The summed E-state index contributed by atoms with van der Waals surface area (Å²) in [6.45, 7) is 0. The summed E-state index contributed by atoms with van der Waals surface area (Å²) in [6, 6.07) is 13.4. The lowest BCUT2D eigenvalue weighted by Gasteiger charge is -2.13. The van der Waals surface area contributed by atoms with E-state index in [1.807, 2.05) is 50.3 Å². The number of rotatable bonds is 6. The van der Waals surface area contributed by atoms with E-state index >= 15 is 0 Å². The van der Waals surface area contributed by atoms with E-state index in [2.05, 4.69) is 10.1 Å². The van der Waals surface area contributed by atoms with E-state index in [0.717, 1.165) is 16.6 Å². The van der Waals surface area contributed by atoms with Crippen molar-refractivity contribution in [1.29, 1.82) is 0 Å². The van der Waals surface area contributed by atoms with Gasteiger partial charge >= 0.3 is 0 Å². The third-order valence-corrected chi connectivity index (χ3v) is 4.77. The average Bonchev–Trinajstić information content (AvgIpc) is 3.14. The molecule has 0 atom stereocenters. The Balaban J connectivity index is 1.78. The first kappa shape index (κ1) is 19.5. The highest BCUT2D eigenvalue weighted by Crippen LogP contribution is 2.35. The monoisotopic (exact) mass is 405 g/mol. The van der Waals surface area contributed by atoms with Crippen LogP contribution in [0.15, 0.2) is 48.7 Å². The molecule has 0 amide bonds. The van der Waals surface area contributed by atoms with Crippen LogP contribution in [-0.4, -0.2) is 48.1 Å². The van der Waals surface area contributed by atoms with E-state index in [0.29, 0.717) is 34.6 Å². The molecule has 0 aliphatic rings. The first-order valence-electron chi connectivity index (χ1n) is 9.37. The van der Waals surface area contributed by atoms with Crippen molar-refractivity contribution in [3.63, 3.8) is 0 Å². The van der Waals surface area contributed by atoms with Gasteiger partial charge in [0.25, 0.3) is 0 Å². The smallest absolute Gasteiger partial charge is 0.234 e. The molecule has 2 heterocycles. The van der Waals surface area contributed by atoms with Gasteiger partial charge in [0.1, 0.15) is 11.1 Å². The molecule has 4 aromatic rings. The van der Waals surface area contributed by atoms with Crippen LogP contribution in [0.2, 0.25) is 0 Å². The summed E-state index contributed by atoms with van der Waals surface area (Å²) >= 11 is 0. The third kappa shape index (κ3) is 3.59. The molecule has 8 nitrogen and oxygen atoms in total. The second-order valence-electron chi connectivity index (χ2n) is 6.92. The van der Waals surface area contributed by atoms with Crippen molar-refractivity contribution < 1.29 is 14.2 Å². The fourth-order valence-electron chi connectivity index (χ4n) is 3.10. The molecule has 0 N–H and O–H groups in total. The maximum absolute atomic E-state index is 6.12. The summed E-state index contributed by atoms with van der Waals surface area (Å²) in [5, 5.41) is 5.04. The highest BCUT2D eigenvalue weighted by atomic mass is 16.5. The van der Waals surface area contributed by atoms with E-state index in [4.69, 9.17) is 19.2 Å². The van der Waals surface area contributed by atoms with Gasteiger partial charge in [-0.25, -0.2) is 4.98 Å². The van der Waals surface area contributed by atoms with Crippen molar-refractivity contribution in [2.45, 2.75) is 0 Å². The Morgan fingerprint density at radius 1 is 0.900 bits per heavy atom. The average molecular weight is 405 g/mol. The molecule has 30 heavy (non-hydrogen) atoms. The van der Waals surface area contributed by atoms with Crippen LogP contribution in [0, 0.1) is 0 Å². The molecule has 0 radical (unpaired) electrons. The Labute approximate surface area is 174 Å². The molecule has 0 unspecified atom stereocenters. The first-order valence-corrected chi connectivity index (χ1v) is 9.37. The number of hydrogen-bond donors (Lipinski definition) is 0. The molecule has 8 heteroatoms. The Hall–Kier alpha value is -3.81. The van der Waals surface area contributed by atoms with Crippen molar-refractivity contribution in [2.24, 2.45) is 7.05 Å². The Kier molecular flexibility index (Phi) is 5.14. The van der Waals surface area contributed by atoms with Gasteiger partial charge in [-0.2, -0.15) is 10.1 Å². The van der Waals surface area contributed by atoms with Gasteiger partial charge in [0.05, 0.1) is 20.4 Å². The van der Waals surface area contributed by atoms with E-state index in [9.17, 15) is 0 Å². The summed E-state index contributed by atoms with van der Waals surface area (Å²) in [5.74, 6) is 2.76. The number of ether oxygens (including phenoxy) is 3. The van der Waals surface area contributed by atoms with Crippen LogP contribution in [0.25, 0.3) is 22.4 Å². The zero-order valence-electron chi connectivity index (χ0n) is 17.6. The van der Waals surface area contributed by atoms with Crippen LogP contribution in [0.4, 0.5) is 5.69 Å². The summed E-state index contributed by atoms with van der Waals surface area (Å²) in [4.78, 5) is 11.4. The molecule has 0 aliphatic heterocycles. The summed E-state index contributed by atoms with van der Waals surface area (Å²) < 4.78 is 18.5. The highest BCUT2D eigenvalue weighted by Gasteiger charge is 2.16. The number of anilines is 1. The molecule has 0 saturated carbocycles. The van der Waals surface area contributed by atoms with Crippen molar-refractivity contribution in [2.75, 3.05) is 33.2 Å². The van der Waals surface area contributed by atoms with Crippen molar-refractivity contribution in [3.05, 3.63) is 48.7 Å². The number of nitrogens with zero attached hydrogens (tertiary/aromatic N) is 5. The molecular weight excluding hydrogens is 382 g/mol. The lowest BCUT2D eigenvalue weighted by Crippen LogP contribution is -2.08. The van der Waals surface area contributed by atoms with Gasteiger partial charge < -0.3 is 19.1 Å². The molecule has 0 fully saturated rings. The van der Waals surface area contributed by atoms with Crippen molar-refractivity contribution in [1.82, 2.24) is 19.7 Å². The van der Waals surface area contributed by atoms with Gasteiger partial charge in [0.2, 0.25) is 5.88 Å². The van der Waals surface area contributed by atoms with Gasteiger partial charge in [-0.15, -0.1) is 0 Å². The minimum atomic E-state index is 0.423. The zero-order chi connectivity index (χ0) is 21.3. The summed E-state index contributed by atoms with van der Waals surface area (Å²) in [6.07, 6.45) is 1.70. The number of fused-ring (bicyclic) bond motifs is 1. The van der Waals surface area contributed by atoms with Crippen LogP contribution in [0.5, 0.6) is 23.1 Å². The second kappa shape index (κ2) is 7.90. The predicted octanol–water partition coefficient (Wildman–Crippen LogP) is 3.91. The summed E-state index contributed by atoms with van der Waals surface area (Å²) in [5.41, 5.74) is 2.68. The molecule has 2 aromatic carbocycles. The summed E-state index contributed by atoms with van der Waals surface area (Å²) in [7, 11) is 9.02. The normalized spacial score (nSPS) is 10.8. The molecule has 0 aliphatic carbocycles. The third-order valence-electron chi connectivity index (χ3n) is 4.77. The van der Waals surface area contributed by atoms with E-state index in [1.165, 1.54) is 0 Å². The van der Waals surface area contributed by atoms with E-state index in [-0.39, 0.29) is 0 Å². The Morgan fingerprint density at radius 2 is 1.63 bits per heavy atom. The molecule has 4 rings (SSSR count). The maximum atomic E-state index is 6.12. The van der Waals surface area contributed by atoms with Crippen LogP contribution < -0.4 is 19.1 Å². The number of benzene rings is 2. The zero-order valence-corrected chi connectivity index (χ0v) is 17.6. The molecule has 154 valence electrons. The van der Waals surface area contributed by atoms with Gasteiger partial charge in [-0.1, -0.05) is 0 Å². The SMILES string of the molecule is COc1ccc(Oc2nc(-c3ccc(N(C)C)cc3)nc3c2cnn3C)cc1OC. The van der Waals surface area contributed by atoms with E-state index in [1.54, 1.807) is 43.3 Å². The lowest BCUT2D eigenvalue weighted by molar-refractivity contribution is 0.352. The minimum absolute atomic E-state index is 0.423. The van der Waals surface area contributed by atoms with Gasteiger partial charge in [-0.05, 0) is 36.4 Å². The van der Waals surface area contributed by atoms with Crippen LogP contribution in [0.1, 0.15) is 0 Å². The largest absolute Gasteiger partial charge is 0.493 e. The van der Waals surface area contributed by atoms with Crippen molar-refractivity contribution >= 4 is 16.7 Å². The quantitative estimate of drug-likeness (QED) is 0.481. The molecule has 0 bridgehead atoms. The number of hydrogen-bond acceptors (Lipinski definition) is 7. The van der Waals surface area contributed by atoms with Gasteiger partial charge in [-0.3, -0.25) is 4.68 Å². The fourth-order valence-corrected chi connectivity index (χ4v) is 3.10. The van der Waals surface area contributed by atoms with Crippen molar-refractivity contribution in [3.8, 4) is 34.5 Å². The van der Waals surface area contributed by atoms with Gasteiger partial charge in [0, 0.05) is 38.5 Å². The number of aryl methyl sites for hydroxylation is 1. The van der Waals surface area contributed by atoms with Crippen LogP contribution in [-0.2, 0) is 7.05 Å². The Bertz CT molecular complexity index is 1190. The minimum Gasteiger partial charge on any atom is -0.493 e. The van der Waals surface area contributed by atoms with Crippen LogP contribution in [0.3, 0.4) is 0 Å². The first-order chi connectivity index (χ1) is 14.5. The fraction of sp³-hybridized carbons (Fsp3) is 0.227. The van der Waals surface area contributed by atoms with E-state index < -0.39 is 0 Å². The molecule has 0 spiro atoms. The standard InChI is InChI=1S/C22H23N5O3/c1-26(2)15-8-6-14(7-9-15)20-24-21-17(13-23-27(21)3)22(25-20)30-16-10-11-18(28-4)19(12-16)29-5/h6-13H,1-5H3. The lowest BCUT2D eigenvalue weighted by atomic mass is 10.2.